The van der Waals surface area contributed by atoms with Gasteiger partial charge in [0.2, 0.25) is 0 Å². The molecule has 0 bridgehead atoms. The summed E-state index contributed by atoms with van der Waals surface area (Å²) in [6, 6.07) is 7.94. The Kier molecular flexibility index (Phi) is 3.40. The third-order valence-corrected chi connectivity index (χ3v) is 5.03. The molecule has 0 saturated carbocycles. The second-order valence-electron chi connectivity index (χ2n) is 6.23. The lowest BCUT2D eigenvalue weighted by Crippen LogP contribution is -2.34. The molecule has 1 aliphatic carbocycles. The monoisotopic (exact) mass is 284 g/mol. The predicted octanol–water partition coefficient (Wildman–Crippen LogP) is 3.24. The molecule has 2 aliphatic heterocycles. The molecule has 1 fully saturated rings. The molecule has 1 atom stereocenters. The Balaban J connectivity index is 1.62. The number of ether oxygens (including phenoxy) is 2. The smallest absolute Gasteiger partial charge is 0.167 e. The van der Waals surface area contributed by atoms with Crippen LogP contribution in [0.1, 0.15) is 41.6 Å². The minimum atomic E-state index is 0.261. The summed E-state index contributed by atoms with van der Waals surface area (Å²) in [6.07, 6.45) is 3.93. The van der Waals surface area contributed by atoms with Gasteiger partial charge in [-0.1, -0.05) is 29.8 Å². The van der Waals surface area contributed by atoms with Crippen molar-refractivity contribution >= 4 is 11.4 Å². The van der Waals surface area contributed by atoms with Crippen LogP contribution in [0.3, 0.4) is 0 Å². The van der Waals surface area contributed by atoms with Gasteiger partial charge in [-0.15, -0.1) is 0 Å². The lowest BCUT2D eigenvalue weighted by molar-refractivity contribution is -0.0273. The van der Waals surface area contributed by atoms with Gasteiger partial charge in [0.1, 0.15) is 0 Å². The number of rotatable bonds is 1. The maximum Gasteiger partial charge on any atom is 0.167 e. The molecule has 0 amide bonds. The van der Waals surface area contributed by atoms with Gasteiger partial charge in [0.15, 0.2) is 5.78 Å². The van der Waals surface area contributed by atoms with Crippen molar-refractivity contribution in [3.05, 3.63) is 41.0 Å². The molecule has 1 unspecified atom stereocenters. The molecule has 0 spiro atoms. The molecule has 0 radical (unpaired) electrons. The Morgan fingerprint density at radius 3 is 2.62 bits per heavy atom. The molecule has 1 saturated heterocycles. The van der Waals surface area contributed by atoms with Gasteiger partial charge < -0.3 is 9.47 Å². The molecule has 4 rings (SSSR count). The van der Waals surface area contributed by atoms with Crippen LogP contribution in [0.4, 0.5) is 0 Å². The molecule has 1 aromatic rings. The van der Waals surface area contributed by atoms with Gasteiger partial charge in [0.05, 0.1) is 12.7 Å². The molecule has 1 aromatic carbocycles. The van der Waals surface area contributed by atoms with Crippen molar-refractivity contribution in [2.75, 3.05) is 19.8 Å². The minimum absolute atomic E-state index is 0.261. The number of benzene rings is 1. The maximum atomic E-state index is 12.3. The van der Waals surface area contributed by atoms with Crippen LogP contribution in [0.25, 0.3) is 5.57 Å². The fourth-order valence-electron chi connectivity index (χ4n) is 3.83. The van der Waals surface area contributed by atoms with Crippen LogP contribution >= 0.6 is 0 Å². The van der Waals surface area contributed by atoms with Gasteiger partial charge in [-0.05, 0) is 36.3 Å². The summed E-state index contributed by atoms with van der Waals surface area (Å²) in [5.74, 6) is 0.844. The maximum absolute atomic E-state index is 12.3. The van der Waals surface area contributed by atoms with E-state index >= 15 is 0 Å². The van der Waals surface area contributed by atoms with Crippen molar-refractivity contribution in [2.45, 2.75) is 31.8 Å². The third-order valence-electron chi connectivity index (χ3n) is 5.03. The summed E-state index contributed by atoms with van der Waals surface area (Å²) in [7, 11) is 0. The van der Waals surface area contributed by atoms with Crippen LogP contribution in [0, 0.1) is 5.92 Å². The molecule has 2 heterocycles. The SMILES string of the molecule is O=C1CC2=C(COC(C3CCOCC3)C2)c2ccccc21. The Labute approximate surface area is 124 Å². The van der Waals surface area contributed by atoms with Gasteiger partial charge in [0, 0.05) is 25.2 Å². The summed E-state index contributed by atoms with van der Waals surface area (Å²) < 4.78 is 11.6. The first kappa shape index (κ1) is 13.2. The van der Waals surface area contributed by atoms with Crippen molar-refractivity contribution in [3.8, 4) is 0 Å². The fraction of sp³-hybridized carbons (Fsp3) is 0.500. The summed E-state index contributed by atoms with van der Waals surface area (Å²) in [6.45, 7) is 2.35. The quantitative estimate of drug-likeness (QED) is 0.794. The number of Topliss-reactive ketones (excluding diaryl/α,β-unsaturated/α-hetero) is 1. The molecule has 3 aliphatic rings. The van der Waals surface area contributed by atoms with Crippen LogP contribution in [-0.4, -0.2) is 31.7 Å². The van der Waals surface area contributed by atoms with E-state index in [9.17, 15) is 4.79 Å². The first-order valence-corrected chi connectivity index (χ1v) is 7.86. The first-order chi connectivity index (χ1) is 10.3. The van der Waals surface area contributed by atoms with E-state index in [0.717, 1.165) is 43.6 Å². The Hall–Kier alpha value is -1.45. The minimum Gasteiger partial charge on any atom is -0.381 e. The molecular weight excluding hydrogens is 264 g/mol. The first-order valence-electron chi connectivity index (χ1n) is 7.86. The van der Waals surface area contributed by atoms with Crippen LogP contribution in [0.2, 0.25) is 0 Å². The zero-order valence-corrected chi connectivity index (χ0v) is 12.1. The highest BCUT2D eigenvalue weighted by Gasteiger charge is 2.34. The molecule has 3 nitrogen and oxygen atoms in total. The molecular formula is C18H20O3. The van der Waals surface area contributed by atoms with Gasteiger partial charge >= 0.3 is 0 Å². The van der Waals surface area contributed by atoms with E-state index in [2.05, 4.69) is 6.07 Å². The average molecular weight is 284 g/mol. The summed E-state index contributed by atoms with van der Waals surface area (Å²) in [5.41, 5.74) is 4.52. The number of fused-ring (bicyclic) bond motifs is 2. The van der Waals surface area contributed by atoms with E-state index in [1.807, 2.05) is 18.2 Å². The van der Waals surface area contributed by atoms with Crippen molar-refractivity contribution in [1.29, 1.82) is 0 Å². The lowest BCUT2D eigenvalue weighted by atomic mass is 9.79. The number of hydrogen-bond acceptors (Lipinski definition) is 3. The van der Waals surface area contributed by atoms with Crippen LogP contribution in [-0.2, 0) is 9.47 Å². The number of carbonyl (C=O) groups is 1. The largest absolute Gasteiger partial charge is 0.381 e. The number of ketones is 1. The summed E-state index contributed by atoms with van der Waals surface area (Å²) >= 11 is 0. The van der Waals surface area contributed by atoms with Crippen molar-refractivity contribution in [1.82, 2.24) is 0 Å². The van der Waals surface area contributed by atoms with Crippen molar-refractivity contribution < 1.29 is 14.3 Å². The fourth-order valence-corrected chi connectivity index (χ4v) is 3.83. The highest BCUT2D eigenvalue weighted by molar-refractivity contribution is 6.06. The molecule has 21 heavy (non-hydrogen) atoms. The second-order valence-corrected chi connectivity index (χ2v) is 6.23. The zero-order valence-electron chi connectivity index (χ0n) is 12.1. The molecule has 3 heteroatoms. The zero-order chi connectivity index (χ0) is 14.2. The Morgan fingerprint density at radius 2 is 1.81 bits per heavy atom. The van der Waals surface area contributed by atoms with Gasteiger partial charge in [0.25, 0.3) is 0 Å². The van der Waals surface area contributed by atoms with Crippen molar-refractivity contribution in [2.24, 2.45) is 5.92 Å². The topological polar surface area (TPSA) is 35.5 Å². The normalized spacial score (nSPS) is 26.5. The van der Waals surface area contributed by atoms with Gasteiger partial charge in [-0.25, -0.2) is 0 Å². The van der Waals surface area contributed by atoms with E-state index in [1.54, 1.807) is 0 Å². The summed E-state index contributed by atoms with van der Waals surface area (Å²) in [4.78, 5) is 12.3. The third kappa shape index (κ3) is 2.34. The van der Waals surface area contributed by atoms with E-state index in [-0.39, 0.29) is 11.9 Å². The van der Waals surface area contributed by atoms with Crippen LogP contribution < -0.4 is 0 Å². The molecule has 0 aromatic heterocycles. The lowest BCUT2D eigenvalue weighted by Gasteiger charge is -2.36. The van der Waals surface area contributed by atoms with E-state index in [4.69, 9.17) is 9.47 Å². The van der Waals surface area contributed by atoms with Crippen LogP contribution in [0.5, 0.6) is 0 Å². The average Bonchev–Trinajstić information content (AvgIpc) is 2.55. The van der Waals surface area contributed by atoms with Gasteiger partial charge in [-0.3, -0.25) is 4.79 Å². The number of carbonyl (C=O) groups excluding carboxylic acids is 1. The summed E-state index contributed by atoms with van der Waals surface area (Å²) in [5, 5.41) is 0. The Bertz CT molecular complexity index is 596. The van der Waals surface area contributed by atoms with E-state index in [1.165, 1.54) is 11.1 Å². The molecule has 110 valence electrons. The predicted molar refractivity (Wildman–Crippen MR) is 80.2 cm³/mol. The number of hydrogen-bond donors (Lipinski definition) is 0. The highest BCUT2D eigenvalue weighted by atomic mass is 16.5. The van der Waals surface area contributed by atoms with E-state index in [0.29, 0.717) is 18.9 Å². The van der Waals surface area contributed by atoms with Crippen LogP contribution in [0.15, 0.2) is 29.8 Å². The molecule has 0 N–H and O–H groups in total. The van der Waals surface area contributed by atoms with E-state index < -0.39 is 0 Å². The highest BCUT2D eigenvalue weighted by Crippen LogP contribution is 2.39. The second kappa shape index (κ2) is 5.39. The standard InChI is InChI=1S/C18H20O3/c19-17-9-13-10-18(12-5-7-20-8-6-12)21-11-16(13)14-3-1-2-4-15(14)17/h1-4,12,18H,5-11H2. The van der Waals surface area contributed by atoms with Crippen molar-refractivity contribution in [3.63, 3.8) is 0 Å². The Morgan fingerprint density at radius 1 is 1.05 bits per heavy atom. The van der Waals surface area contributed by atoms with Gasteiger partial charge in [-0.2, -0.15) is 0 Å².